The molecule has 1 aromatic carbocycles. The van der Waals surface area contributed by atoms with E-state index in [1.807, 2.05) is 18.2 Å². The molecule has 1 heterocycles. The van der Waals surface area contributed by atoms with Crippen LogP contribution in [0.5, 0.6) is 0 Å². The van der Waals surface area contributed by atoms with Gasteiger partial charge in [0.15, 0.2) is 0 Å². The standard InChI is InChI=1S/C12H15BrN2O2S2/c13-11-7-9(1-2-10(11)12(14)18)15-8-3-5-19(16,17)6-4-8/h1-2,7-8,15H,3-6H2,(H2,14,18). The molecule has 0 saturated carbocycles. The maximum absolute atomic E-state index is 11.4. The van der Waals surface area contributed by atoms with Crippen LogP contribution in [-0.2, 0) is 9.84 Å². The van der Waals surface area contributed by atoms with Gasteiger partial charge in [-0.3, -0.25) is 0 Å². The number of nitrogens with one attached hydrogen (secondary N) is 1. The van der Waals surface area contributed by atoms with Crippen LogP contribution in [0.25, 0.3) is 0 Å². The first-order valence-corrected chi connectivity index (χ1v) is 8.96. The van der Waals surface area contributed by atoms with Crippen LogP contribution in [0.15, 0.2) is 22.7 Å². The van der Waals surface area contributed by atoms with Crippen LogP contribution in [-0.4, -0.2) is 31.0 Å². The van der Waals surface area contributed by atoms with Crippen LogP contribution < -0.4 is 11.1 Å². The minimum atomic E-state index is -2.82. The Morgan fingerprint density at radius 3 is 2.53 bits per heavy atom. The van der Waals surface area contributed by atoms with Gasteiger partial charge in [0, 0.05) is 21.8 Å². The number of hydrogen-bond donors (Lipinski definition) is 2. The van der Waals surface area contributed by atoms with Crippen molar-refractivity contribution in [3.05, 3.63) is 28.2 Å². The molecule has 1 saturated heterocycles. The fourth-order valence-electron chi connectivity index (χ4n) is 2.07. The van der Waals surface area contributed by atoms with Crippen LogP contribution in [0, 0.1) is 0 Å². The second-order valence-corrected chi connectivity index (χ2v) is 8.23. The summed E-state index contributed by atoms with van der Waals surface area (Å²) in [6.07, 6.45) is 1.30. The molecule has 1 aliphatic heterocycles. The number of rotatable bonds is 3. The fraction of sp³-hybridized carbons (Fsp3) is 0.417. The molecule has 0 bridgehead atoms. The highest BCUT2D eigenvalue weighted by Gasteiger charge is 2.23. The summed E-state index contributed by atoms with van der Waals surface area (Å²) in [6.45, 7) is 0. The van der Waals surface area contributed by atoms with Gasteiger partial charge in [-0.2, -0.15) is 0 Å². The van der Waals surface area contributed by atoms with Crippen molar-refractivity contribution >= 4 is 48.7 Å². The molecule has 0 aromatic heterocycles. The molecule has 4 nitrogen and oxygen atoms in total. The number of thiocarbonyl (C=S) groups is 1. The SMILES string of the molecule is NC(=S)c1ccc(NC2CCS(=O)(=O)CC2)cc1Br. The van der Waals surface area contributed by atoms with Gasteiger partial charge >= 0.3 is 0 Å². The van der Waals surface area contributed by atoms with E-state index in [1.54, 1.807) is 0 Å². The van der Waals surface area contributed by atoms with Crippen LogP contribution >= 0.6 is 28.1 Å². The molecule has 2 rings (SSSR count). The van der Waals surface area contributed by atoms with Crippen molar-refractivity contribution in [1.29, 1.82) is 0 Å². The average molecular weight is 363 g/mol. The average Bonchev–Trinajstić information content (AvgIpc) is 2.31. The molecule has 19 heavy (non-hydrogen) atoms. The van der Waals surface area contributed by atoms with Gasteiger partial charge in [-0.15, -0.1) is 0 Å². The Morgan fingerprint density at radius 2 is 2.00 bits per heavy atom. The summed E-state index contributed by atoms with van der Waals surface area (Å²) in [5.74, 6) is 0.521. The third-order valence-corrected chi connectivity index (χ3v) is 5.75. The summed E-state index contributed by atoms with van der Waals surface area (Å²) in [4.78, 5) is 0.349. The largest absolute Gasteiger partial charge is 0.389 e. The second-order valence-electron chi connectivity index (χ2n) is 4.63. The number of hydrogen-bond acceptors (Lipinski definition) is 4. The Bertz CT molecular complexity index is 588. The molecule has 104 valence electrons. The molecule has 0 aliphatic carbocycles. The summed E-state index contributed by atoms with van der Waals surface area (Å²) in [6, 6.07) is 5.87. The maximum atomic E-state index is 11.4. The maximum Gasteiger partial charge on any atom is 0.150 e. The number of nitrogens with two attached hydrogens (primary N) is 1. The molecule has 0 amide bonds. The lowest BCUT2D eigenvalue weighted by Gasteiger charge is -2.24. The van der Waals surface area contributed by atoms with Crippen LogP contribution in [0.1, 0.15) is 18.4 Å². The van der Waals surface area contributed by atoms with E-state index in [0.29, 0.717) is 17.8 Å². The Hall–Kier alpha value is -0.660. The Morgan fingerprint density at radius 1 is 1.37 bits per heavy atom. The van der Waals surface area contributed by atoms with Crippen molar-refractivity contribution in [2.45, 2.75) is 18.9 Å². The first-order valence-electron chi connectivity index (χ1n) is 5.94. The van der Waals surface area contributed by atoms with Crippen molar-refractivity contribution in [3.63, 3.8) is 0 Å². The van der Waals surface area contributed by atoms with E-state index in [2.05, 4.69) is 21.2 Å². The lowest BCUT2D eigenvalue weighted by molar-refractivity contribution is 0.559. The first-order chi connectivity index (χ1) is 8.87. The Kier molecular flexibility index (Phi) is 4.47. The van der Waals surface area contributed by atoms with Crippen molar-refractivity contribution in [1.82, 2.24) is 0 Å². The zero-order valence-electron chi connectivity index (χ0n) is 10.2. The molecule has 1 aliphatic rings. The second kappa shape index (κ2) is 5.76. The zero-order valence-corrected chi connectivity index (χ0v) is 13.4. The quantitative estimate of drug-likeness (QED) is 0.805. The highest BCUT2D eigenvalue weighted by Crippen LogP contribution is 2.24. The van der Waals surface area contributed by atoms with E-state index in [4.69, 9.17) is 18.0 Å². The van der Waals surface area contributed by atoms with Gasteiger partial charge in [-0.1, -0.05) is 12.2 Å². The van der Waals surface area contributed by atoms with Crippen LogP contribution in [0.3, 0.4) is 0 Å². The Balaban J connectivity index is 2.04. The number of anilines is 1. The third kappa shape index (κ3) is 3.90. The summed E-state index contributed by atoms with van der Waals surface area (Å²) in [7, 11) is -2.82. The van der Waals surface area contributed by atoms with Crippen LogP contribution in [0.4, 0.5) is 5.69 Å². The minimum Gasteiger partial charge on any atom is -0.389 e. The number of benzene rings is 1. The summed E-state index contributed by atoms with van der Waals surface area (Å²) in [5, 5.41) is 3.35. The van der Waals surface area contributed by atoms with E-state index in [1.165, 1.54) is 0 Å². The first kappa shape index (κ1) is 14.7. The van der Waals surface area contributed by atoms with Gasteiger partial charge in [-0.05, 0) is 47.0 Å². The van der Waals surface area contributed by atoms with Crippen molar-refractivity contribution in [3.8, 4) is 0 Å². The molecule has 7 heteroatoms. The molecule has 0 unspecified atom stereocenters. The van der Waals surface area contributed by atoms with E-state index in [9.17, 15) is 8.42 Å². The van der Waals surface area contributed by atoms with E-state index < -0.39 is 9.84 Å². The van der Waals surface area contributed by atoms with Crippen LogP contribution in [0.2, 0.25) is 0 Å². The number of halogens is 1. The monoisotopic (exact) mass is 362 g/mol. The number of sulfone groups is 1. The lowest BCUT2D eigenvalue weighted by atomic mass is 10.1. The molecule has 3 N–H and O–H groups in total. The molecular formula is C12H15BrN2O2S2. The van der Waals surface area contributed by atoms with Crippen molar-refractivity contribution in [2.24, 2.45) is 5.73 Å². The zero-order chi connectivity index (χ0) is 14.0. The fourth-order valence-corrected chi connectivity index (χ4v) is 4.47. The molecule has 1 fully saturated rings. The van der Waals surface area contributed by atoms with Gasteiger partial charge in [0.2, 0.25) is 0 Å². The van der Waals surface area contributed by atoms with E-state index >= 15 is 0 Å². The molecule has 0 spiro atoms. The highest BCUT2D eigenvalue weighted by atomic mass is 79.9. The predicted molar refractivity (Wildman–Crippen MR) is 85.3 cm³/mol. The van der Waals surface area contributed by atoms with Gasteiger partial charge < -0.3 is 11.1 Å². The lowest BCUT2D eigenvalue weighted by Crippen LogP contribution is -2.32. The van der Waals surface area contributed by atoms with Gasteiger partial charge in [0.1, 0.15) is 14.8 Å². The normalized spacial score (nSPS) is 19.0. The molecular weight excluding hydrogens is 348 g/mol. The van der Waals surface area contributed by atoms with E-state index in [0.717, 1.165) is 15.7 Å². The molecule has 1 aromatic rings. The smallest absolute Gasteiger partial charge is 0.150 e. The van der Waals surface area contributed by atoms with Gasteiger partial charge in [0.05, 0.1) is 11.5 Å². The van der Waals surface area contributed by atoms with E-state index in [-0.39, 0.29) is 17.5 Å². The minimum absolute atomic E-state index is 0.200. The van der Waals surface area contributed by atoms with Gasteiger partial charge in [0.25, 0.3) is 0 Å². The molecule has 0 radical (unpaired) electrons. The Labute approximate surface area is 126 Å². The van der Waals surface area contributed by atoms with Crippen molar-refractivity contribution < 1.29 is 8.42 Å². The predicted octanol–water partition coefficient (Wildman–Crippen LogP) is 2.07. The van der Waals surface area contributed by atoms with Gasteiger partial charge in [-0.25, -0.2) is 8.42 Å². The third-order valence-electron chi connectivity index (χ3n) is 3.16. The highest BCUT2D eigenvalue weighted by molar-refractivity contribution is 9.10. The topological polar surface area (TPSA) is 72.2 Å². The van der Waals surface area contributed by atoms with Crippen molar-refractivity contribution in [2.75, 3.05) is 16.8 Å². The summed E-state index contributed by atoms with van der Waals surface area (Å²) in [5.41, 5.74) is 7.33. The summed E-state index contributed by atoms with van der Waals surface area (Å²) >= 11 is 8.37. The molecule has 0 atom stereocenters. The summed E-state index contributed by atoms with van der Waals surface area (Å²) < 4.78 is 23.6.